The topological polar surface area (TPSA) is 62.3 Å². The Bertz CT molecular complexity index is 978. The molecule has 0 radical (unpaired) electrons. The maximum atomic E-state index is 13.5. The largest absolute Gasteiger partial charge is 0.342 e. The van der Waals surface area contributed by atoms with Crippen LogP contribution in [0.15, 0.2) is 83.5 Å². The molecule has 1 aliphatic heterocycles. The van der Waals surface area contributed by atoms with E-state index >= 15 is 0 Å². The molecule has 0 atom stereocenters. The van der Waals surface area contributed by atoms with Gasteiger partial charge in [0, 0.05) is 29.7 Å². The predicted octanol–water partition coefficient (Wildman–Crippen LogP) is 4.85. The van der Waals surface area contributed by atoms with Gasteiger partial charge in [-0.1, -0.05) is 60.7 Å². The van der Waals surface area contributed by atoms with Crippen molar-refractivity contribution in [3.63, 3.8) is 0 Å². The van der Waals surface area contributed by atoms with Crippen LogP contribution in [0.5, 0.6) is 0 Å². The minimum atomic E-state index is -0.334. The third-order valence-electron chi connectivity index (χ3n) is 5.67. The van der Waals surface area contributed by atoms with Crippen molar-refractivity contribution >= 4 is 33.6 Å². The smallest absolute Gasteiger partial charge is 0.234 e. The molecule has 2 amide bonds. The van der Waals surface area contributed by atoms with Gasteiger partial charge in [0.2, 0.25) is 11.8 Å². The number of carbonyl (C=O) groups is 2. The van der Waals surface area contributed by atoms with Crippen molar-refractivity contribution < 1.29 is 9.59 Å². The Labute approximate surface area is 190 Å². The Hall–Kier alpha value is -2.99. The molecular weight excluding hydrogens is 454 g/mol. The van der Waals surface area contributed by atoms with Crippen molar-refractivity contribution in [3.8, 4) is 0 Å². The van der Waals surface area contributed by atoms with E-state index in [0.29, 0.717) is 31.7 Å². The van der Waals surface area contributed by atoms with Gasteiger partial charge in [0.1, 0.15) is 5.82 Å². The number of hydrogen-bond acceptors (Lipinski definition) is 3. The van der Waals surface area contributed by atoms with Gasteiger partial charge >= 0.3 is 0 Å². The van der Waals surface area contributed by atoms with Crippen LogP contribution in [0.4, 0.5) is 5.82 Å². The number of piperidine rings is 1. The second-order valence-electron chi connectivity index (χ2n) is 7.70. The summed E-state index contributed by atoms with van der Waals surface area (Å²) in [6.07, 6.45) is 2.94. The quantitative estimate of drug-likeness (QED) is 0.570. The van der Waals surface area contributed by atoms with Crippen LogP contribution in [0.3, 0.4) is 0 Å². The summed E-state index contributed by atoms with van der Waals surface area (Å²) in [5, 5.41) is 2.88. The van der Waals surface area contributed by atoms with Gasteiger partial charge in [0.05, 0.1) is 5.92 Å². The van der Waals surface area contributed by atoms with Gasteiger partial charge in [-0.05, 0) is 52.0 Å². The van der Waals surface area contributed by atoms with Gasteiger partial charge in [0.25, 0.3) is 0 Å². The van der Waals surface area contributed by atoms with Gasteiger partial charge in [-0.25, -0.2) is 4.98 Å². The van der Waals surface area contributed by atoms with Crippen LogP contribution in [0.1, 0.15) is 29.9 Å². The van der Waals surface area contributed by atoms with E-state index in [1.165, 1.54) is 0 Å². The summed E-state index contributed by atoms with van der Waals surface area (Å²) in [4.78, 5) is 32.2. The molecule has 1 fully saturated rings. The van der Waals surface area contributed by atoms with Gasteiger partial charge in [-0.3, -0.25) is 9.59 Å². The number of likely N-dealkylation sites (tertiary alicyclic amines) is 1. The van der Waals surface area contributed by atoms with Crippen LogP contribution in [-0.4, -0.2) is 34.8 Å². The molecule has 4 rings (SSSR count). The van der Waals surface area contributed by atoms with Crippen LogP contribution >= 0.6 is 15.9 Å². The molecule has 5 nitrogen and oxygen atoms in total. The Balaban J connectivity index is 1.42. The van der Waals surface area contributed by atoms with E-state index in [1.54, 1.807) is 12.3 Å². The summed E-state index contributed by atoms with van der Waals surface area (Å²) in [7, 11) is 0. The number of nitrogens with one attached hydrogen (secondary N) is 1. The zero-order valence-corrected chi connectivity index (χ0v) is 18.7. The molecule has 2 aromatic carbocycles. The zero-order chi connectivity index (χ0) is 21.6. The summed E-state index contributed by atoms with van der Waals surface area (Å²) >= 11 is 3.34. The number of benzene rings is 2. The summed E-state index contributed by atoms with van der Waals surface area (Å²) in [5.41, 5.74) is 1.97. The van der Waals surface area contributed by atoms with Crippen molar-refractivity contribution in [2.75, 3.05) is 18.4 Å². The fourth-order valence-electron chi connectivity index (χ4n) is 3.99. The number of carbonyl (C=O) groups excluding carboxylic acids is 2. The van der Waals surface area contributed by atoms with E-state index in [4.69, 9.17) is 0 Å². The van der Waals surface area contributed by atoms with E-state index in [2.05, 4.69) is 26.2 Å². The monoisotopic (exact) mass is 477 g/mol. The number of halogens is 1. The molecule has 1 N–H and O–H groups in total. The standard InChI is InChI=1S/C25H24BrN3O2/c26-21-11-12-22(27-17-21)28-24(30)20-13-15-29(16-14-20)25(31)23(18-7-3-1-4-8-18)19-9-5-2-6-10-19/h1-12,17,20,23H,13-16H2,(H,27,28,30). The summed E-state index contributed by atoms with van der Waals surface area (Å²) in [6, 6.07) is 23.4. The van der Waals surface area contributed by atoms with Crippen molar-refractivity contribution in [1.29, 1.82) is 0 Å². The number of anilines is 1. The first-order chi connectivity index (χ1) is 15.1. The van der Waals surface area contributed by atoms with Crippen LogP contribution in [0, 0.1) is 5.92 Å². The summed E-state index contributed by atoms with van der Waals surface area (Å²) in [6.45, 7) is 1.14. The third kappa shape index (κ3) is 5.20. The van der Waals surface area contributed by atoms with Crippen molar-refractivity contribution in [2.24, 2.45) is 5.92 Å². The summed E-state index contributed by atoms with van der Waals surface area (Å²) < 4.78 is 0.865. The highest BCUT2D eigenvalue weighted by atomic mass is 79.9. The van der Waals surface area contributed by atoms with Crippen molar-refractivity contribution in [2.45, 2.75) is 18.8 Å². The number of hydrogen-bond donors (Lipinski definition) is 1. The van der Waals surface area contributed by atoms with Crippen LogP contribution in [-0.2, 0) is 9.59 Å². The highest BCUT2D eigenvalue weighted by Gasteiger charge is 2.32. The zero-order valence-electron chi connectivity index (χ0n) is 17.1. The second kappa shape index (κ2) is 9.88. The Morgan fingerprint density at radius 1 is 0.903 bits per heavy atom. The number of aromatic nitrogens is 1. The fourth-order valence-corrected chi connectivity index (χ4v) is 4.23. The molecule has 1 saturated heterocycles. The molecular formula is C25H24BrN3O2. The normalized spacial score (nSPS) is 14.5. The average Bonchev–Trinajstić information content (AvgIpc) is 2.82. The molecule has 2 heterocycles. The van der Waals surface area contributed by atoms with E-state index in [1.807, 2.05) is 71.6 Å². The average molecular weight is 478 g/mol. The third-order valence-corrected chi connectivity index (χ3v) is 6.14. The molecule has 31 heavy (non-hydrogen) atoms. The van der Waals surface area contributed by atoms with Crippen molar-refractivity contribution in [1.82, 2.24) is 9.88 Å². The summed E-state index contributed by atoms with van der Waals surface area (Å²) in [5.74, 6) is 0.136. The lowest BCUT2D eigenvalue weighted by molar-refractivity contribution is -0.135. The van der Waals surface area contributed by atoms with E-state index in [9.17, 15) is 9.59 Å². The minimum Gasteiger partial charge on any atom is -0.342 e. The SMILES string of the molecule is O=C(Nc1ccc(Br)cn1)C1CCN(C(=O)C(c2ccccc2)c2ccccc2)CC1. The second-order valence-corrected chi connectivity index (χ2v) is 8.62. The molecule has 3 aromatic rings. The lowest BCUT2D eigenvalue weighted by atomic mass is 9.88. The van der Waals surface area contributed by atoms with E-state index in [0.717, 1.165) is 15.6 Å². The highest BCUT2D eigenvalue weighted by Crippen LogP contribution is 2.29. The van der Waals surface area contributed by atoms with Gasteiger partial charge in [-0.15, -0.1) is 0 Å². The number of rotatable bonds is 5. The Kier molecular flexibility index (Phi) is 6.77. The molecule has 0 aliphatic carbocycles. The maximum absolute atomic E-state index is 13.5. The van der Waals surface area contributed by atoms with Crippen LogP contribution in [0.25, 0.3) is 0 Å². The maximum Gasteiger partial charge on any atom is 0.234 e. The van der Waals surface area contributed by atoms with E-state index < -0.39 is 0 Å². The molecule has 6 heteroatoms. The van der Waals surface area contributed by atoms with Gasteiger partial charge < -0.3 is 10.2 Å². The van der Waals surface area contributed by atoms with Crippen LogP contribution in [0.2, 0.25) is 0 Å². The lowest BCUT2D eigenvalue weighted by Gasteiger charge is -2.34. The molecule has 0 bridgehead atoms. The van der Waals surface area contributed by atoms with E-state index in [-0.39, 0.29) is 23.7 Å². The lowest BCUT2D eigenvalue weighted by Crippen LogP contribution is -2.43. The van der Waals surface area contributed by atoms with Gasteiger partial charge in [0.15, 0.2) is 0 Å². The minimum absolute atomic E-state index is 0.0374. The number of nitrogens with zero attached hydrogens (tertiary/aromatic N) is 2. The number of pyridine rings is 1. The fraction of sp³-hybridized carbons (Fsp3) is 0.240. The number of amides is 2. The van der Waals surface area contributed by atoms with Crippen LogP contribution < -0.4 is 5.32 Å². The predicted molar refractivity (Wildman–Crippen MR) is 125 cm³/mol. The molecule has 1 aliphatic rings. The molecule has 158 valence electrons. The molecule has 0 saturated carbocycles. The highest BCUT2D eigenvalue weighted by molar-refractivity contribution is 9.10. The Morgan fingerprint density at radius 3 is 2.00 bits per heavy atom. The first-order valence-corrected chi connectivity index (χ1v) is 11.2. The molecule has 0 spiro atoms. The molecule has 0 unspecified atom stereocenters. The first kappa shape index (κ1) is 21.2. The Morgan fingerprint density at radius 2 is 1.48 bits per heavy atom. The van der Waals surface area contributed by atoms with Gasteiger partial charge in [-0.2, -0.15) is 0 Å². The first-order valence-electron chi connectivity index (χ1n) is 10.4. The van der Waals surface area contributed by atoms with Crippen molar-refractivity contribution in [3.05, 3.63) is 94.6 Å². The molecule has 1 aromatic heterocycles.